The number of rotatable bonds is 8. The van der Waals surface area contributed by atoms with Gasteiger partial charge in [-0.25, -0.2) is 0 Å². The van der Waals surface area contributed by atoms with Crippen LogP contribution in [0, 0.1) is 5.92 Å². The first-order valence-electron chi connectivity index (χ1n) is 10.2. The molecular formula is C22H30N4O2S. The number of carbonyl (C=O) groups excluding carboxylic acids is 1. The molecule has 0 radical (unpaired) electrons. The van der Waals surface area contributed by atoms with Crippen molar-refractivity contribution in [1.29, 1.82) is 0 Å². The smallest absolute Gasteiger partial charge is 0.233 e. The monoisotopic (exact) mass is 414 g/mol. The lowest BCUT2D eigenvalue weighted by molar-refractivity contribution is -0.121. The number of nitrogens with one attached hydrogen (secondary N) is 1. The van der Waals surface area contributed by atoms with Gasteiger partial charge in [0.15, 0.2) is 11.0 Å². The Morgan fingerprint density at radius 3 is 2.86 bits per heavy atom. The second-order valence-corrected chi connectivity index (χ2v) is 8.85. The lowest BCUT2D eigenvalue weighted by atomic mass is 9.86. The lowest BCUT2D eigenvalue weighted by Gasteiger charge is -2.30. The molecule has 1 aromatic carbocycles. The highest BCUT2D eigenvalue weighted by atomic mass is 32.2. The van der Waals surface area contributed by atoms with Gasteiger partial charge < -0.3 is 10.1 Å². The van der Waals surface area contributed by atoms with Gasteiger partial charge in [0.1, 0.15) is 5.75 Å². The van der Waals surface area contributed by atoms with Gasteiger partial charge in [0.25, 0.3) is 0 Å². The Kier molecular flexibility index (Phi) is 7.36. The van der Waals surface area contributed by atoms with Gasteiger partial charge in [-0.05, 0) is 37.8 Å². The highest BCUT2D eigenvalue weighted by molar-refractivity contribution is 8.00. The van der Waals surface area contributed by atoms with E-state index in [1.165, 1.54) is 31.0 Å². The van der Waals surface area contributed by atoms with E-state index >= 15 is 0 Å². The third kappa shape index (κ3) is 5.01. The Morgan fingerprint density at radius 2 is 2.14 bits per heavy atom. The number of carbonyl (C=O) groups is 1. The quantitative estimate of drug-likeness (QED) is 0.515. The fraction of sp³-hybridized carbons (Fsp3) is 0.500. The zero-order valence-corrected chi connectivity index (χ0v) is 18.2. The number of nitrogens with zero attached hydrogens (tertiary/aromatic N) is 3. The van der Waals surface area contributed by atoms with Gasteiger partial charge in [-0.2, -0.15) is 0 Å². The maximum Gasteiger partial charge on any atom is 0.233 e. The number of para-hydroxylation sites is 1. The number of allylic oxidation sites excluding steroid dienone is 1. The highest BCUT2D eigenvalue weighted by Gasteiger charge is 2.26. The molecule has 0 unspecified atom stereocenters. The van der Waals surface area contributed by atoms with Crippen LogP contribution in [-0.2, 0) is 11.3 Å². The van der Waals surface area contributed by atoms with Crippen molar-refractivity contribution < 1.29 is 9.53 Å². The first-order valence-corrected chi connectivity index (χ1v) is 11.1. The van der Waals surface area contributed by atoms with Gasteiger partial charge in [-0.15, -0.1) is 16.8 Å². The molecule has 0 aliphatic heterocycles. The second-order valence-electron chi connectivity index (χ2n) is 7.54. The first kappa shape index (κ1) is 21.4. The largest absolute Gasteiger partial charge is 0.496 e. The zero-order chi connectivity index (χ0) is 20.8. The van der Waals surface area contributed by atoms with Crippen molar-refractivity contribution in [2.75, 3.05) is 7.11 Å². The average molecular weight is 415 g/mol. The predicted molar refractivity (Wildman–Crippen MR) is 117 cm³/mol. The van der Waals surface area contributed by atoms with E-state index in [0.29, 0.717) is 23.4 Å². The maximum atomic E-state index is 12.8. The van der Waals surface area contributed by atoms with Crippen LogP contribution in [0.25, 0.3) is 11.4 Å². The van der Waals surface area contributed by atoms with E-state index in [1.54, 1.807) is 13.2 Å². The van der Waals surface area contributed by atoms with Crippen molar-refractivity contribution in [3.05, 3.63) is 36.9 Å². The molecule has 7 heteroatoms. The molecule has 1 aliphatic carbocycles. The molecule has 1 aliphatic rings. The van der Waals surface area contributed by atoms with Gasteiger partial charge in [-0.1, -0.05) is 49.7 Å². The standard InChI is InChI=1S/C22H30N4O2S/c1-5-14-26-20(17-11-7-9-13-19(17)28-4)24-25-22(26)29-16(3)21(27)23-18-12-8-6-10-15(18)2/h5,7,9,11,13,15-16,18H,1,6,8,10,12,14H2,2-4H3,(H,23,27)/t15-,16+,18+/m0/s1. The normalized spacial score (nSPS) is 20.1. The van der Waals surface area contributed by atoms with Crippen molar-refractivity contribution >= 4 is 17.7 Å². The maximum absolute atomic E-state index is 12.8. The molecule has 3 atom stereocenters. The summed E-state index contributed by atoms with van der Waals surface area (Å²) < 4.78 is 7.45. The number of hydrogen-bond donors (Lipinski definition) is 1. The van der Waals surface area contributed by atoms with Crippen molar-refractivity contribution in [3.63, 3.8) is 0 Å². The summed E-state index contributed by atoms with van der Waals surface area (Å²) in [5.74, 6) is 2.03. The van der Waals surface area contributed by atoms with Crippen LogP contribution in [0.4, 0.5) is 0 Å². The first-order chi connectivity index (χ1) is 14.0. The van der Waals surface area contributed by atoms with Crippen LogP contribution in [0.15, 0.2) is 42.1 Å². The molecule has 1 heterocycles. The molecule has 2 aromatic rings. The molecule has 6 nitrogen and oxygen atoms in total. The minimum absolute atomic E-state index is 0.0562. The summed E-state index contributed by atoms with van der Waals surface area (Å²) in [4.78, 5) is 12.8. The minimum Gasteiger partial charge on any atom is -0.496 e. The minimum atomic E-state index is -0.262. The van der Waals surface area contributed by atoms with Gasteiger partial charge in [0.05, 0.1) is 17.9 Å². The Balaban J connectivity index is 1.77. The summed E-state index contributed by atoms with van der Waals surface area (Å²) in [6.07, 6.45) is 6.50. The van der Waals surface area contributed by atoms with E-state index in [-0.39, 0.29) is 17.2 Å². The third-order valence-corrected chi connectivity index (χ3v) is 6.55. The number of amides is 1. The van der Waals surface area contributed by atoms with Crippen molar-refractivity contribution in [2.45, 2.75) is 62.5 Å². The molecule has 29 heavy (non-hydrogen) atoms. The van der Waals surface area contributed by atoms with Crippen LogP contribution in [-0.4, -0.2) is 39.1 Å². The average Bonchev–Trinajstić information content (AvgIpc) is 3.12. The van der Waals surface area contributed by atoms with Crippen molar-refractivity contribution in [2.24, 2.45) is 5.92 Å². The van der Waals surface area contributed by atoms with Crippen LogP contribution in [0.1, 0.15) is 39.5 Å². The van der Waals surface area contributed by atoms with Crippen molar-refractivity contribution in [3.8, 4) is 17.1 Å². The number of methoxy groups -OCH3 is 1. The van der Waals surface area contributed by atoms with E-state index in [0.717, 1.165) is 17.7 Å². The van der Waals surface area contributed by atoms with Crippen LogP contribution in [0.5, 0.6) is 5.75 Å². The molecule has 1 amide bonds. The van der Waals surface area contributed by atoms with Gasteiger partial charge >= 0.3 is 0 Å². The summed E-state index contributed by atoms with van der Waals surface area (Å²) in [7, 11) is 1.64. The van der Waals surface area contributed by atoms with E-state index in [1.807, 2.05) is 35.8 Å². The van der Waals surface area contributed by atoms with Crippen molar-refractivity contribution in [1.82, 2.24) is 20.1 Å². The molecule has 1 fully saturated rings. The number of aromatic nitrogens is 3. The summed E-state index contributed by atoms with van der Waals surface area (Å²) in [6, 6.07) is 7.99. The van der Waals surface area contributed by atoms with E-state index in [9.17, 15) is 4.79 Å². The molecular weight excluding hydrogens is 384 g/mol. The molecule has 0 bridgehead atoms. The van der Waals surface area contributed by atoms with E-state index < -0.39 is 0 Å². The fourth-order valence-electron chi connectivity index (χ4n) is 3.74. The summed E-state index contributed by atoms with van der Waals surface area (Å²) in [5, 5.41) is 12.4. The van der Waals surface area contributed by atoms with Crippen LogP contribution >= 0.6 is 11.8 Å². The summed E-state index contributed by atoms with van der Waals surface area (Å²) in [5.41, 5.74) is 0.865. The Labute approximate surface area is 177 Å². The second kappa shape index (κ2) is 9.96. The highest BCUT2D eigenvalue weighted by Crippen LogP contribution is 2.32. The molecule has 0 spiro atoms. The van der Waals surface area contributed by atoms with E-state index in [4.69, 9.17) is 4.74 Å². The predicted octanol–water partition coefficient (Wildman–Crippen LogP) is 4.32. The van der Waals surface area contributed by atoms with Gasteiger partial charge in [0, 0.05) is 12.6 Å². The van der Waals surface area contributed by atoms with Gasteiger partial charge in [-0.3, -0.25) is 9.36 Å². The molecule has 1 N–H and O–H groups in total. The molecule has 1 aromatic heterocycles. The Morgan fingerprint density at radius 1 is 1.38 bits per heavy atom. The molecule has 1 saturated carbocycles. The Hall–Kier alpha value is -2.28. The zero-order valence-electron chi connectivity index (χ0n) is 17.4. The third-order valence-electron chi connectivity index (χ3n) is 5.47. The Bertz CT molecular complexity index is 851. The number of thioether (sulfide) groups is 1. The number of ether oxygens (including phenoxy) is 1. The van der Waals surface area contributed by atoms with Crippen LogP contribution in [0.2, 0.25) is 0 Å². The molecule has 3 rings (SSSR count). The van der Waals surface area contributed by atoms with Crippen LogP contribution < -0.4 is 10.1 Å². The SMILES string of the molecule is C=CCn1c(S[C@H](C)C(=O)N[C@@H]2CCCC[C@@H]2C)nnc1-c1ccccc1OC. The van der Waals surface area contributed by atoms with E-state index in [2.05, 4.69) is 29.0 Å². The van der Waals surface area contributed by atoms with Crippen LogP contribution in [0.3, 0.4) is 0 Å². The lowest BCUT2D eigenvalue weighted by Crippen LogP contribution is -2.44. The molecule has 156 valence electrons. The summed E-state index contributed by atoms with van der Waals surface area (Å²) >= 11 is 1.43. The fourth-order valence-corrected chi connectivity index (χ4v) is 4.61. The number of benzene rings is 1. The van der Waals surface area contributed by atoms with Gasteiger partial charge in [0.2, 0.25) is 5.91 Å². The topological polar surface area (TPSA) is 69.0 Å². The number of hydrogen-bond acceptors (Lipinski definition) is 5. The molecule has 0 saturated heterocycles. The summed E-state index contributed by atoms with van der Waals surface area (Å²) in [6.45, 7) is 8.55.